The zero-order valence-electron chi connectivity index (χ0n) is 12.4. The topological polar surface area (TPSA) is 29.9 Å². The summed E-state index contributed by atoms with van der Waals surface area (Å²) in [5, 5.41) is 8.06. The second-order valence-electron chi connectivity index (χ2n) is 5.31. The van der Waals surface area contributed by atoms with Crippen LogP contribution in [-0.2, 0) is 7.05 Å². The molecule has 1 aromatic carbocycles. The molecule has 0 aliphatic rings. The van der Waals surface area contributed by atoms with Gasteiger partial charge in [0.1, 0.15) is 0 Å². The molecule has 2 atom stereocenters. The lowest BCUT2D eigenvalue weighted by atomic mass is 10.0. The Morgan fingerprint density at radius 3 is 2.26 bits per heavy atom. The van der Waals surface area contributed by atoms with Crippen molar-refractivity contribution in [1.82, 2.24) is 15.1 Å². The van der Waals surface area contributed by atoms with E-state index in [0.29, 0.717) is 12.1 Å². The summed E-state index contributed by atoms with van der Waals surface area (Å²) in [5.74, 6) is 0. The third-order valence-corrected chi connectivity index (χ3v) is 3.67. The van der Waals surface area contributed by atoms with E-state index < -0.39 is 0 Å². The van der Waals surface area contributed by atoms with Crippen molar-refractivity contribution in [2.75, 3.05) is 0 Å². The first kappa shape index (κ1) is 13.8. The maximum absolute atomic E-state index is 4.41. The van der Waals surface area contributed by atoms with Gasteiger partial charge in [-0.2, -0.15) is 5.10 Å². The van der Waals surface area contributed by atoms with Crippen molar-refractivity contribution in [3.05, 3.63) is 52.8 Å². The van der Waals surface area contributed by atoms with Crippen molar-refractivity contribution in [2.45, 2.75) is 39.8 Å². The number of nitrogens with zero attached hydrogens (tertiary/aromatic N) is 2. The summed E-state index contributed by atoms with van der Waals surface area (Å²) in [6, 6.07) is 9.16. The van der Waals surface area contributed by atoms with E-state index >= 15 is 0 Å². The third-order valence-electron chi connectivity index (χ3n) is 3.67. The van der Waals surface area contributed by atoms with Gasteiger partial charge in [-0.1, -0.05) is 24.3 Å². The van der Waals surface area contributed by atoms with Crippen molar-refractivity contribution < 1.29 is 0 Å². The number of nitrogens with one attached hydrogen (secondary N) is 1. The van der Waals surface area contributed by atoms with Gasteiger partial charge in [-0.25, -0.2) is 0 Å². The van der Waals surface area contributed by atoms with Crippen LogP contribution in [0.5, 0.6) is 0 Å². The smallest absolute Gasteiger partial charge is 0.0641 e. The maximum Gasteiger partial charge on any atom is 0.0641 e. The molecule has 0 aliphatic carbocycles. The van der Waals surface area contributed by atoms with Crippen molar-refractivity contribution in [1.29, 1.82) is 0 Å². The van der Waals surface area contributed by atoms with Crippen LogP contribution in [0.4, 0.5) is 0 Å². The first-order chi connectivity index (χ1) is 8.99. The van der Waals surface area contributed by atoms with Gasteiger partial charge in [0.25, 0.3) is 0 Å². The van der Waals surface area contributed by atoms with Gasteiger partial charge >= 0.3 is 0 Å². The molecule has 3 heteroatoms. The number of hydrogen-bond acceptors (Lipinski definition) is 2. The van der Waals surface area contributed by atoms with E-state index in [1.54, 1.807) is 0 Å². The number of hydrogen-bond donors (Lipinski definition) is 1. The SMILES string of the molecule is Cc1ccccc1[C@@H](C)NC(C)c1cn(C)nc1C. The highest BCUT2D eigenvalue weighted by molar-refractivity contribution is 5.29. The third kappa shape index (κ3) is 3.04. The predicted molar refractivity (Wildman–Crippen MR) is 79.1 cm³/mol. The molecule has 1 aromatic heterocycles. The largest absolute Gasteiger partial charge is 0.304 e. The van der Waals surface area contributed by atoms with Crippen molar-refractivity contribution in [3.8, 4) is 0 Å². The van der Waals surface area contributed by atoms with Crippen LogP contribution in [0.2, 0.25) is 0 Å². The zero-order valence-corrected chi connectivity index (χ0v) is 12.4. The van der Waals surface area contributed by atoms with E-state index in [-0.39, 0.29) is 0 Å². The lowest BCUT2D eigenvalue weighted by molar-refractivity contribution is 0.491. The summed E-state index contributed by atoms with van der Waals surface area (Å²) in [7, 11) is 1.97. The Hall–Kier alpha value is -1.61. The van der Waals surface area contributed by atoms with Crippen LogP contribution >= 0.6 is 0 Å². The number of rotatable bonds is 4. The van der Waals surface area contributed by atoms with Crippen molar-refractivity contribution in [2.24, 2.45) is 7.05 Å². The van der Waals surface area contributed by atoms with Gasteiger partial charge < -0.3 is 5.32 Å². The van der Waals surface area contributed by atoms with Crippen LogP contribution in [0.25, 0.3) is 0 Å². The molecule has 1 N–H and O–H groups in total. The molecule has 0 saturated carbocycles. The zero-order chi connectivity index (χ0) is 14.0. The Bertz CT molecular complexity index is 557. The molecule has 3 nitrogen and oxygen atoms in total. The Morgan fingerprint density at radius 2 is 1.68 bits per heavy atom. The van der Waals surface area contributed by atoms with Crippen LogP contribution in [0, 0.1) is 13.8 Å². The first-order valence-corrected chi connectivity index (χ1v) is 6.80. The molecule has 2 aromatic rings. The van der Waals surface area contributed by atoms with Gasteiger partial charge in [-0.15, -0.1) is 0 Å². The Kier molecular flexibility index (Phi) is 4.05. The number of aryl methyl sites for hydroxylation is 3. The highest BCUT2D eigenvalue weighted by Crippen LogP contribution is 2.22. The van der Waals surface area contributed by atoms with E-state index in [0.717, 1.165) is 5.69 Å². The molecule has 102 valence electrons. The molecule has 0 bridgehead atoms. The van der Waals surface area contributed by atoms with Crippen LogP contribution < -0.4 is 5.32 Å². The highest BCUT2D eigenvalue weighted by Gasteiger charge is 2.15. The van der Waals surface area contributed by atoms with Gasteiger partial charge in [0.05, 0.1) is 5.69 Å². The molecule has 0 spiro atoms. The van der Waals surface area contributed by atoms with Gasteiger partial charge in [0.2, 0.25) is 0 Å². The van der Waals surface area contributed by atoms with Crippen LogP contribution in [0.15, 0.2) is 30.5 Å². The fourth-order valence-corrected chi connectivity index (χ4v) is 2.67. The average Bonchev–Trinajstić information content (AvgIpc) is 2.69. The Labute approximate surface area is 115 Å². The molecule has 0 fully saturated rings. The van der Waals surface area contributed by atoms with Crippen LogP contribution in [0.1, 0.15) is 48.3 Å². The first-order valence-electron chi connectivity index (χ1n) is 6.80. The molecule has 0 aliphatic heterocycles. The minimum Gasteiger partial charge on any atom is -0.304 e. The minimum atomic E-state index is 0.295. The summed E-state index contributed by atoms with van der Waals surface area (Å²) in [6.07, 6.45) is 2.09. The summed E-state index contributed by atoms with van der Waals surface area (Å²) in [5.41, 5.74) is 5.05. The van der Waals surface area contributed by atoms with E-state index in [1.165, 1.54) is 16.7 Å². The minimum absolute atomic E-state index is 0.295. The summed E-state index contributed by atoms with van der Waals surface area (Å²) >= 11 is 0. The summed E-state index contributed by atoms with van der Waals surface area (Å²) < 4.78 is 1.88. The average molecular weight is 257 g/mol. The second kappa shape index (κ2) is 5.57. The fraction of sp³-hybridized carbons (Fsp3) is 0.438. The van der Waals surface area contributed by atoms with Gasteiger partial charge in [-0.3, -0.25) is 4.68 Å². The molecular weight excluding hydrogens is 234 g/mol. The van der Waals surface area contributed by atoms with Crippen molar-refractivity contribution in [3.63, 3.8) is 0 Å². The van der Waals surface area contributed by atoms with E-state index in [9.17, 15) is 0 Å². The Morgan fingerprint density at radius 1 is 1.05 bits per heavy atom. The molecule has 0 amide bonds. The molecule has 1 unspecified atom stereocenters. The normalized spacial score (nSPS) is 14.4. The fourth-order valence-electron chi connectivity index (χ4n) is 2.67. The number of benzene rings is 1. The monoisotopic (exact) mass is 257 g/mol. The highest BCUT2D eigenvalue weighted by atomic mass is 15.3. The standard InChI is InChI=1S/C16H23N3/c1-11-8-6-7-9-15(11)12(2)17-13(3)16-10-19(5)18-14(16)4/h6-10,12-13,17H,1-5H3/t12-,13?/m1/s1. The van der Waals surface area contributed by atoms with E-state index in [1.807, 2.05) is 11.7 Å². The summed E-state index contributed by atoms with van der Waals surface area (Å²) in [4.78, 5) is 0. The van der Waals surface area contributed by atoms with Crippen LogP contribution in [-0.4, -0.2) is 9.78 Å². The molecule has 1 heterocycles. The molecule has 2 rings (SSSR count). The van der Waals surface area contributed by atoms with E-state index in [2.05, 4.69) is 68.6 Å². The van der Waals surface area contributed by atoms with Crippen LogP contribution in [0.3, 0.4) is 0 Å². The lowest BCUT2D eigenvalue weighted by Gasteiger charge is -2.21. The van der Waals surface area contributed by atoms with Gasteiger partial charge in [0.15, 0.2) is 0 Å². The second-order valence-corrected chi connectivity index (χ2v) is 5.31. The predicted octanol–water partition coefficient (Wildman–Crippen LogP) is 3.45. The quantitative estimate of drug-likeness (QED) is 0.909. The van der Waals surface area contributed by atoms with Gasteiger partial charge in [0, 0.05) is 30.9 Å². The molecule has 0 radical (unpaired) electrons. The van der Waals surface area contributed by atoms with Gasteiger partial charge in [-0.05, 0) is 38.8 Å². The molecule has 0 saturated heterocycles. The lowest BCUT2D eigenvalue weighted by Crippen LogP contribution is -2.23. The molecular formula is C16H23N3. The Balaban J connectivity index is 2.13. The molecule has 19 heavy (non-hydrogen) atoms. The maximum atomic E-state index is 4.41. The number of aromatic nitrogens is 2. The van der Waals surface area contributed by atoms with E-state index in [4.69, 9.17) is 0 Å². The summed E-state index contributed by atoms with van der Waals surface area (Å²) in [6.45, 7) is 8.63. The van der Waals surface area contributed by atoms with Crippen molar-refractivity contribution >= 4 is 0 Å².